The van der Waals surface area contributed by atoms with Crippen LogP contribution in [-0.4, -0.2) is 28.8 Å². The number of aryl methyl sites for hydroxylation is 2. The van der Waals surface area contributed by atoms with E-state index in [1.54, 1.807) is 4.90 Å². The topological polar surface area (TPSA) is 49.4 Å². The Bertz CT molecular complexity index is 858. The zero-order valence-corrected chi connectivity index (χ0v) is 19.3. The Labute approximate surface area is 191 Å². The molecule has 4 nitrogen and oxygen atoms in total. The summed E-state index contributed by atoms with van der Waals surface area (Å²) in [6.07, 6.45) is 6.63. The smallest absolute Gasteiger partial charge is 0.242 e. The molecule has 2 amide bonds. The molecule has 1 aliphatic rings. The van der Waals surface area contributed by atoms with Gasteiger partial charge in [0.1, 0.15) is 6.04 Å². The van der Waals surface area contributed by atoms with Crippen LogP contribution < -0.4 is 5.32 Å². The largest absolute Gasteiger partial charge is 0.352 e. The molecule has 0 saturated heterocycles. The molecular formula is C26H33ClN2O2. The number of carbonyl (C=O) groups is 2. The van der Waals surface area contributed by atoms with E-state index in [0.29, 0.717) is 24.4 Å². The molecule has 0 heterocycles. The summed E-state index contributed by atoms with van der Waals surface area (Å²) in [4.78, 5) is 27.9. The Balaban J connectivity index is 1.69. The number of nitrogens with zero attached hydrogens (tertiary/aromatic N) is 1. The number of benzene rings is 2. The second-order valence-corrected chi connectivity index (χ2v) is 9.09. The monoisotopic (exact) mass is 440 g/mol. The fourth-order valence-corrected chi connectivity index (χ4v) is 4.21. The lowest BCUT2D eigenvalue weighted by Gasteiger charge is -2.31. The van der Waals surface area contributed by atoms with E-state index in [1.807, 2.05) is 31.2 Å². The minimum Gasteiger partial charge on any atom is -0.352 e. The summed E-state index contributed by atoms with van der Waals surface area (Å²) in [6, 6.07) is 15.4. The summed E-state index contributed by atoms with van der Waals surface area (Å²) in [5.41, 5.74) is 3.29. The van der Waals surface area contributed by atoms with Crippen LogP contribution in [0, 0.1) is 6.92 Å². The van der Waals surface area contributed by atoms with Crippen LogP contribution in [0.4, 0.5) is 0 Å². The van der Waals surface area contributed by atoms with E-state index in [9.17, 15) is 9.59 Å². The summed E-state index contributed by atoms with van der Waals surface area (Å²) in [6.45, 7) is 4.27. The Hall–Kier alpha value is -2.33. The average Bonchev–Trinajstić information content (AvgIpc) is 2.78. The molecule has 1 atom stereocenters. The van der Waals surface area contributed by atoms with Gasteiger partial charge in [-0.3, -0.25) is 9.59 Å². The first-order valence-corrected chi connectivity index (χ1v) is 11.7. The van der Waals surface area contributed by atoms with Crippen molar-refractivity contribution in [2.24, 2.45) is 0 Å². The molecule has 1 saturated carbocycles. The first-order chi connectivity index (χ1) is 14.9. The molecule has 0 radical (unpaired) electrons. The lowest BCUT2D eigenvalue weighted by Crippen LogP contribution is -2.50. The van der Waals surface area contributed by atoms with Crippen LogP contribution in [0.1, 0.15) is 62.1 Å². The van der Waals surface area contributed by atoms with Crippen molar-refractivity contribution in [1.82, 2.24) is 10.2 Å². The lowest BCUT2D eigenvalue weighted by atomic mass is 9.95. The van der Waals surface area contributed by atoms with Gasteiger partial charge in [-0.15, -0.1) is 0 Å². The van der Waals surface area contributed by atoms with E-state index in [1.165, 1.54) is 12.0 Å². The highest BCUT2D eigenvalue weighted by Crippen LogP contribution is 2.19. The SMILES string of the molecule is Cc1ccc(CCC(=O)N(Cc2ccc(Cl)cc2)C(C)C(=O)NC2CCCCC2)cc1. The predicted molar refractivity (Wildman–Crippen MR) is 126 cm³/mol. The van der Waals surface area contributed by atoms with E-state index >= 15 is 0 Å². The molecule has 0 spiro atoms. The molecule has 1 unspecified atom stereocenters. The Morgan fingerprint density at radius 2 is 1.61 bits per heavy atom. The summed E-state index contributed by atoms with van der Waals surface area (Å²) >= 11 is 6.02. The lowest BCUT2D eigenvalue weighted by molar-refractivity contribution is -0.141. The third kappa shape index (κ3) is 7.10. The van der Waals surface area contributed by atoms with Crippen molar-refractivity contribution in [3.05, 3.63) is 70.2 Å². The van der Waals surface area contributed by atoms with E-state index in [-0.39, 0.29) is 17.9 Å². The van der Waals surface area contributed by atoms with Crippen LogP contribution in [0.15, 0.2) is 48.5 Å². The molecule has 3 rings (SSSR count). The van der Waals surface area contributed by atoms with Crippen LogP contribution >= 0.6 is 11.6 Å². The highest BCUT2D eigenvalue weighted by atomic mass is 35.5. The Morgan fingerprint density at radius 3 is 2.26 bits per heavy atom. The van der Waals surface area contributed by atoms with Crippen LogP contribution in [0.3, 0.4) is 0 Å². The number of carbonyl (C=O) groups excluding carboxylic acids is 2. The number of halogens is 1. The maximum atomic E-state index is 13.2. The van der Waals surface area contributed by atoms with Crippen molar-refractivity contribution < 1.29 is 9.59 Å². The molecule has 1 aliphatic carbocycles. The highest BCUT2D eigenvalue weighted by molar-refractivity contribution is 6.30. The van der Waals surface area contributed by atoms with Gasteiger partial charge >= 0.3 is 0 Å². The molecule has 2 aromatic rings. The normalized spacial score (nSPS) is 15.3. The molecular weight excluding hydrogens is 408 g/mol. The summed E-state index contributed by atoms with van der Waals surface area (Å²) in [5.74, 6) is -0.0774. The van der Waals surface area contributed by atoms with Crippen molar-refractivity contribution in [3.63, 3.8) is 0 Å². The van der Waals surface area contributed by atoms with Crippen LogP contribution in [0.2, 0.25) is 5.02 Å². The van der Waals surface area contributed by atoms with Crippen LogP contribution in [0.5, 0.6) is 0 Å². The number of hydrogen-bond acceptors (Lipinski definition) is 2. The van der Waals surface area contributed by atoms with E-state index in [0.717, 1.165) is 36.8 Å². The summed E-state index contributed by atoms with van der Waals surface area (Å²) in [7, 11) is 0. The molecule has 1 N–H and O–H groups in total. The fraction of sp³-hybridized carbons (Fsp3) is 0.462. The van der Waals surface area contributed by atoms with E-state index in [2.05, 4.69) is 36.5 Å². The Kier molecular flexibility index (Phi) is 8.53. The second-order valence-electron chi connectivity index (χ2n) is 8.65. The molecule has 0 aliphatic heterocycles. The zero-order chi connectivity index (χ0) is 22.2. The number of hydrogen-bond donors (Lipinski definition) is 1. The van der Waals surface area contributed by atoms with Crippen molar-refractivity contribution >= 4 is 23.4 Å². The first-order valence-electron chi connectivity index (χ1n) is 11.3. The third-order valence-corrected chi connectivity index (χ3v) is 6.39. The molecule has 2 aromatic carbocycles. The first kappa shape index (κ1) is 23.3. The van der Waals surface area contributed by atoms with Crippen LogP contribution in [0.25, 0.3) is 0 Å². The maximum Gasteiger partial charge on any atom is 0.242 e. The van der Waals surface area contributed by atoms with Gasteiger partial charge in [-0.25, -0.2) is 0 Å². The van der Waals surface area contributed by atoms with Gasteiger partial charge in [0.25, 0.3) is 0 Å². The minimum absolute atomic E-state index is 0.0122. The fourth-order valence-electron chi connectivity index (χ4n) is 4.09. The van der Waals surface area contributed by atoms with Gasteiger partial charge in [0.05, 0.1) is 0 Å². The molecule has 1 fully saturated rings. The van der Waals surface area contributed by atoms with E-state index < -0.39 is 6.04 Å². The van der Waals surface area contributed by atoms with Crippen molar-refractivity contribution in [2.75, 3.05) is 0 Å². The number of rotatable bonds is 8. The summed E-state index contributed by atoms with van der Waals surface area (Å²) in [5, 5.41) is 3.83. The van der Waals surface area contributed by atoms with Gasteiger partial charge in [-0.2, -0.15) is 0 Å². The van der Waals surface area contributed by atoms with Gasteiger partial charge in [0, 0.05) is 24.0 Å². The van der Waals surface area contributed by atoms with Crippen molar-refractivity contribution in [1.29, 1.82) is 0 Å². The standard InChI is InChI=1S/C26H33ClN2O2/c1-19-8-10-21(11-9-19)14-17-25(30)29(18-22-12-15-23(27)16-13-22)20(2)26(31)28-24-6-4-3-5-7-24/h8-13,15-16,20,24H,3-7,14,17-18H2,1-2H3,(H,28,31). The van der Waals surface area contributed by atoms with Gasteiger partial charge < -0.3 is 10.2 Å². The molecule has 0 aromatic heterocycles. The van der Waals surface area contributed by atoms with Crippen LogP contribution in [-0.2, 0) is 22.6 Å². The number of amides is 2. The van der Waals surface area contributed by atoms with Crippen molar-refractivity contribution in [2.45, 2.75) is 77.4 Å². The quantitative estimate of drug-likeness (QED) is 0.593. The van der Waals surface area contributed by atoms with Gasteiger partial charge in [-0.05, 0) is 56.4 Å². The van der Waals surface area contributed by atoms with Gasteiger partial charge in [0.2, 0.25) is 11.8 Å². The number of nitrogens with one attached hydrogen (secondary N) is 1. The molecule has 5 heteroatoms. The molecule has 0 bridgehead atoms. The van der Waals surface area contributed by atoms with E-state index in [4.69, 9.17) is 11.6 Å². The third-order valence-electron chi connectivity index (χ3n) is 6.13. The minimum atomic E-state index is -0.525. The van der Waals surface area contributed by atoms with Gasteiger partial charge in [0.15, 0.2) is 0 Å². The average molecular weight is 441 g/mol. The van der Waals surface area contributed by atoms with Crippen molar-refractivity contribution in [3.8, 4) is 0 Å². The molecule has 31 heavy (non-hydrogen) atoms. The molecule has 166 valence electrons. The zero-order valence-electron chi connectivity index (χ0n) is 18.6. The highest BCUT2D eigenvalue weighted by Gasteiger charge is 2.27. The second kappa shape index (κ2) is 11.3. The van der Waals surface area contributed by atoms with Gasteiger partial charge in [-0.1, -0.05) is 72.8 Å². The summed E-state index contributed by atoms with van der Waals surface area (Å²) < 4.78 is 0. The maximum absolute atomic E-state index is 13.2. The Morgan fingerprint density at radius 1 is 1.00 bits per heavy atom. The predicted octanol–water partition coefficient (Wildman–Crippen LogP) is 5.45.